The van der Waals surface area contributed by atoms with E-state index in [1.54, 1.807) is 12.1 Å². The molecule has 1 N–H and O–H groups in total. The zero-order valence-corrected chi connectivity index (χ0v) is 11.1. The number of halogens is 1. The van der Waals surface area contributed by atoms with Gasteiger partial charge in [-0.3, -0.25) is 0 Å². The van der Waals surface area contributed by atoms with Gasteiger partial charge in [0.2, 0.25) is 0 Å². The molecule has 0 spiro atoms. The van der Waals surface area contributed by atoms with Gasteiger partial charge in [-0.15, -0.1) is 0 Å². The van der Waals surface area contributed by atoms with E-state index in [4.69, 9.17) is 19.1 Å². The number of carbonyl (C=O) groups is 1. The van der Waals surface area contributed by atoms with Gasteiger partial charge in [0.25, 0.3) is 0 Å². The summed E-state index contributed by atoms with van der Waals surface area (Å²) >= 11 is 0. The van der Waals surface area contributed by atoms with Gasteiger partial charge < -0.3 is 19.1 Å². The van der Waals surface area contributed by atoms with E-state index >= 15 is 0 Å². The molecule has 3 rings (SSSR count). The van der Waals surface area contributed by atoms with E-state index in [1.165, 1.54) is 13.0 Å². The van der Waals surface area contributed by atoms with Crippen molar-refractivity contribution in [1.29, 1.82) is 0 Å². The average molecular weight is 293 g/mol. The van der Waals surface area contributed by atoms with E-state index in [0.29, 0.717) is 35.8 Å². The van der Waals surface area contributed by atoms with Gasteiger partial charge in [0.05, 0.1) is 5.56 Å². The van der Waals surface area contributed by atoms with Gasteiger partial charge >= 0.3 is 5.97 Å². The monoisotopic (exact) mass is 293 g/mol. The van der Waals surface area contributed by atoms with Crippen LogP contribution in [0.1, 0.15) is 29.1 Å². The Labute approximate surface area is 119 Å². The first-order chi connectivity index (χ1) is 10.1. The number of benzene rings is 1. The largest absolute Gasteiger partial charge is 0.486 e. The number of aromatic nitrogens is 1. The number of aromatic carboxylic acids is 1. The highest BCUT2D eigenvalue weighted by atomic mass is 19.1. The Balaban J connectivity index is 2.14. The quantitative estimate of drug-likeness (QED) is 0.937. The Kier molecular flexibility index (Phi) is 3.25. The molecule has 1 aliphatic rings. The Morgan fingerprint density at radius 3 is 2.76 bits per heavy atom. The van der Waals surface area contributed by atoms with E-state index in [1.807, 2.05) is 0 Å². The van der Waals surface area contributed by atoms with Crippen LogP contribution in [0.25, 0.3) is 11.3 Å². The van der Waals surface area contributed by atoms with Crippen LogP contribution in [0.2, 0.25) is 0 Å². The highest BCUT2D eigenvalue weighted by Gasteiger charge is 2.23. The van der Waals surface area contributed by atoms with Crippen LogP contribution in [-0.2, 0) is 0 Å². The zero-order valence-electron chi connectivity index (χ0n) is 11.1. The summed E-state index contributed by atoms with van der Waals surface area (Å²) in [6.07, 6.45) is -1.21. The Hall–Kier alpha value is -2.57. The first-order valence-electron chi connectivity index (χ1n) is 6.34. The Morgan fingerprint density at radius 1 is 1.33 bits per heavy atom. The summed E-state index contributed by atoms with van der Waals surface area (Å²) in [4.78, 5) is 10.9. The van der Waals surface area contributed by atoms with E-state index in [-0.39, 0.29) is 11.5 Å². The van der Waals surface area contributed by atoms with Crippen molar-refractivity contribution in [2.75, 3.05) is 13.2 Å². The molecule has 1 atom stereocenters. The number of rotatable bonds is 3. The molecule has 0 amide bonds. The normalized spacial score (nSPS) is 14.8. The molecule has 0 saturated heterocycles. The second-order valence-electron chi connectivity index (χ2n) is 4.59. The molecule has 0 radical (unpaired) electrons. The maximum absolute atomic E-state index is 13.6. The van der Waals surface area contributed by atoms with Crippen LogP contribution in [0.5, 0.6) is 11.5 Å². The molecule has 0 bridgehead atoms. The van der Waals surface area contributed by atoms with Crippen molar-refractivity contribution in [3.05, 3.63) is 29.5 Å². The van der Waals surface area contributed by atoms with Gasteiger partial charge in [-0.05, 0) is 24.6 Å². The summed E-state index contributed by atoms with van der Waals surface area (Å²) in [5, 5.41) is 12.3. The van der Waals surface area contributed by atoms with Gasteiger partial charge in [-0.1, -0.05) is 5.16 Å². The SMILES string of the molecule is CC(F)c1cc2c(c(-c3cc(C(=O)O)no3)c1)OCCO2. The van der Waals surface area contributed by atoms with Crippen LogP contribution < -0.4 is 9.47 Å². The number of hydrogen-bond donors (Lipinski definition) is 1. The molecule has 6 nitrogen and oxygen atoms in total. The van der Waals surface area contributed by atoms with Crippen molar-refractivity contribution in [1.82, 2.24) is 5.16 Å². The summed E-state index contributed by atoms with van der Waals surface area (Å²) in [5.41, 5.74) is 0.586. The van der Waals surface area contributed by atoms with Gasteiger partial charge in [-0.25, -0.2) is 9.18 Å². The highest BCUT2D eigenvalue weighted by Crippen LogP contribution is 2.42. The van der Waals surface area contributed by atoms with Crippen molar-refractivity contribution in [2.24, 2.45) is 0 Å². The second-order valence-corrected chi connectivity index (χ2v) is 4.59. The molecule has 21 heavy (non-hydrogen) atoms. The number of ether oxygens (including phenoxy) is 2. The smallest absolute Gasteiger partial charge is 0.358 e. The van der Waals surface area contributed by atoms with Crippen LogP contribution >= 0.6 is 0 Å². The van der Waals surface area contributed by atoms with Crippen molar-refractivity contribution < 1.29 is 28.3 Å². The predicted molar refractivity (Wildman–Crippen MR) is 69.4 cm³/mol. The number of alkyl halides is 1. The van der Waals surface area contributed by atoms with E-state index in [0.717, 1.165) is 0 Å². The van der Waals surface area contributed by atoms with Crippen molar-refractivity contribution >= 4 is 5.97 Å². The molecule has 2 aromatic rings. The number of fused-ring (bicyclic) bond motifs is 1. The van der Waals surface area contributed by atoms with Gasteiger partial charge in [0.1, 0.15) is 19.4 Å². The molecule has 110 valence electrons. The maximum Gasteiger partial charge on any atom is 0.358 e. The summed E-state index contributed by atoms with van der Waals surface area (Å²) in [6.45, 7) is 2.12. The molecule has 1 unspecified atom stereocenters. The summed E-state index contributed by atoms with van der Waals surface area (Å²) in [7, 11) is 0. The lowest BCUT2D eigenvalue weighted by atomic mass is 10.0. The minimum atomic E-state index is -1.21. The first kappa shape index (κ1) is 13.4. The third kappa shape index (κ3) is 2.42. The lowest BCUT2D eigenvalue weighted by Gasteiger charge is -2.21. The zero-order chi connectivity index (χ0) is 15.0. The molecule has 0 fully saturated rings. The number of carboxylic acid groups (broad SMARTS) is 1. The summed E-state index contributed by atoms with van der Waals surface area (Å²) < 4.78 is 29.6. The molecule has 7 heteroatoms. The lowest BCUT2D eigenvalue weighted by Crippen LogP contribution is -2.16. The van der Waals surface area contributed by atoms with Crippen LogP contribution in [-0.4, -0.2) is 29.4 Å². The topological polar surface area (TPSA) is 81.8 Å². The number of carboxylic acids is 1. The molecular formula is C14H12FNO5. The van der Waals surface area contributed by atoms with E-state index in [9.17, 15) is 9.18 Å². The minimum Gasteiger partial charge on any atom is -0.486 e. The molecule has 2 heterocycles. The molecule has 1 aromatic heterocycles. The fourth-order valence-corrected chi connectivity index (χ4v) is 2.09. The second kappa shape index (κ2) is 5.08. The van der Waals surface area contributed by atoms with E-state index in [2.05, 4.69) is 5.16 Å². The summed E-state index contributed by atoms with van der Waals surface area (Å²) in [5.74, 6) is -0.201. The first-order valence-corrected chi connectivity index (χ1v) is 6.34. The Morgan fingerprint density at radius 2 is 2.10 bits per heavy atom. The molecule has 0 aliphatic carbocycles. The standard InChI is InChI=1S/C14H12FNO5/c1-7(15)8-4-9(11-6-10(14(17)18)16-21-11)13-12(5-8)19-2-3-20-13/h4-7H,2-3H2,1H3,(H,17,18). The molecular weight excluding hydrogens is 281 g/mol. The third-order valence-corrected chi connectivity index (χ3v) is 3.12. The highest BCUT2D eigenvalue weighted by molar-refractivity contribution is 5.87. The fraction of sp³-hybridized carbons (Fsp3) is 0.286. The number of nitrogens with zero attached hydrogens (tertiary/aromatic N) is 1. The van der Waals surface area contributed by atoms with Gasteiger partial charge in [-0.2, -0.15) is 0 Å². The fourth-order valence-electron chi connectivity index (χ4n) is 2.09. The average Bonchev–Trinajstić information content (AvgIpc) is 2.96. The molecule has 1 aliphatic heterocycles. The third-order valence-electron chi connectivity index (χ3n) is 3.12. The van der Waals surface area contributed by atoms with Gasteiger partial charge in [0, 0.05) is 6.07 Å². The van der Waals surface area contributed by atoms with Crippen LogP contribution in [0.15, 0.2) is 22.7 Å². The van der Waals surface area contributed by atoms with Crippen LogP contribution in [0.4, 0.5) is 4.39 Å². The van der Waals surface area contributed by atoms with Crippen molar-refractivity contribution in [3.8, 4) is 22.8 Å². The minimum absolute atomic E-state index is 0.191. The van der Waals surface area contributed by atoms with Crippen LogP contribution in [0, 0.1) is 0 Å². The molecule has 0 saturated carbocycles. The predicted octanol–water partition coefficient (Wildman–Crippen LogP) is 2.84. The maximum atomic E-state index is 13.6. The van der Waals surface area contributed by atoms with Gasteiger partial charge in [0.15, 0.2) is 23.0 Å². The van der Waals surface area contributed by atoms with E-state index < -0.39 is 12.1 Å². The van der Waals surface area contributed by atoms with Crippen molar-refractivity contribution in [2.45, 2.75) is 13.1 Å². The van der Waals surface area contributed by atoms with Crippen LogP contribution in [0.3, 0.4) is 0 Å². The number of hydrogen-bond acceptors (Lipinski definition) is 5. The summed E-state index contributed by atoms with van der Waals surface area (Å²) in [6, 6.07) is 4.38. The Bertz CT molecular complexity index is 695. The lowest BCUT2D eigenvalue weighted by molar-refractivity contribution is 0.0686. The molecule has 1 aromatic carbocycles. The van der Waals surface area contributed by atoms with Crippen molar-refractivity contribution in [3.63, 3.8) is 0 Å².